The summed E-state index contributed by atoms with van der Waals surface area (Å²) >= 11 is 2.79. The molecule has 172 valence electrons. The largest absolute Gasteiger partial charge is 0.307 e. The number of nitrogens with zero attached hydrogens (tertiary/aromatic N) is 1. The normalized spacial score (nSPS) is 33.2. The fraction of sp³-hybridized carbons (Fsp3) is 0.320. The van der Waals surface area contributed by atoms with Gasteiger partial charge >= 0.3 is 4.87 Å². The molecule has 1 saturated heterocycles. The topological polar surface area (TPSA) is 70.2 Å². The smallest absolute Gasteiger partial charge is 0.305 e. The van der Waals surface area contributed by atoms with Gasteiger partial charge in [-0.1, -0.05) is 23.5 Å². The van der Waals surface area contributed by atoms with Crippen LogP contribution in [0.3, 0.4) is 0 Å². The molecule has 1 aromatic heterocycles. The molecule has 7 atom stereocenters. The maximum absolute atomic E-state index is 13.7. The monoisotopic (exact) mass is 496 g/mol. The summed E-state index contributed by atoms with van der Waals surface area (Å²) in [6.45, 7) is 0. The quantitative estimate of drug-likeness (QED) is 0.535. The Hall–Kier alpha value is -2.78. The highest BCUT2D eigenvalue weighted by atomic mass is 32.2. The molecule has 2 aromatic carbocycles. The number of H-pyrrole nitrogens is 1. The van der Waals surface area contributed by atoms with E-state index in [2.05, 4.69) is 4.98 Å². The van der Waals surface area contributed by atoms with Gasteiger partial charge in [-0.15, -0.1) is 11.8 Å². The molecule has 2 saturated carbocycles. The molecule has 4 aliphatic rings. The van der Waals surface area contributed by atoms with E-state index in [9.17, 15) is 23.2 Å². The average Bonchev–Trinajstić information content (AvgIpc) is 3.54. The third kappa shape index (κ3) is 2.68. The molecule has 2 amide bonds. The Kier molecular flexibility index (Phi) is 4.31. The number of halogens is 2. The number of thioether (sulfide) groups is 1. The first-order chi connectivity index (χ1) is 16.4. The predicted molar refractivity (Wildman–Crippen MR) is 124 cm³/mol. The summed E-state index contributed by atoms with van der Waals surface area (Å²) in [4.78, 5) is 44.3. The summed E-state index contributed by atoms with van der Waals surface area (Å²) < 4.78 is 27.2. The minimum absolute atomic E-state index is 0.00592. The van der Waals surface area contributed by atoms with Crippen LogP contribution in [0.5, 0.6) is 0 Å². The van der Waals surface area contributed by atoms with Crippen molar-refractivity contribution in [2.45, 2.75) is 22.6 Å². The lowest BCUT2D eigenvalue weighted by atomic mass is 9.68. The molecule has 3 fully saturated rings. The summed E-state index contributed by atoms with van der Waals surface area (Å²) in [5, 5.41) is 0.894. The number of hydrogen-bond acceptors (Lipinski definition) is 5. The molecule has 2 bridgehead atoms. The van der Waals surface area contributed by atoms with E-state index in [1.165, 1.54) is 52.6 Å². The first-order valence-electron chi connectivity index (χ1n) is 11.2. The second-order valence-electron chi connectivity index (χ2n) is 9.50. The molecule has 0 unspecified atom stereocenters. The van der Waals surface area contributed by atoms with Crippen molar-refractivity contribution >= 4 is 40.6 Å². The van der Waals surface area contributed by atoms with Crippen molar-refractivity contribution < 1.29 is 18.4 Å². The van der Waals surface area contributed by atoms with Gasteiger partial charge < -0.3 is 4.98 Å². The van der Waals surface area contributed by atoms with Crippen LogP contribution in [0.1, 0.15) is 22.8 Å². The van der Waals surface area contributed by atoms with Gasteiger partial charge in [-0.3, -0.25) is 19.3 Å². The minimum Gasteiger partial charge on any atom is -0.307 e. The van der Waals surface area contributed by atoms with E-state index in [0.717, 1.165) is 21.9 Å². The number of aromatic nitrogens is 1. The Bertz CT molecular complexity index is 1400. The van der Waals surface area contributed by atoms with Gasteiger partial charge in [0.2, 0.25) is 11.8 Å². The second kappa shape index (κ2) is 7.11. The number of nitrogens with one attached hydrogen (secondary N) is 1. The third-order valence-electron chi connectivity index (χ3n) is 8.04. The SMILES string of the molecule is O=C1[C@@H]2[C@H]3C[C@@H]([C@@H]4Sc5[nH]c(=O)sc5[C@H](c5ccc(F)cc5)[C@@H]34)[C@H]2C(=O)N1c1ccc(F)cc1. The van der Waals surface area contributed by atoms with E-state index in [1.54, 1.807) is 23.9 Å². The van der Waals surface area contributed by atoms with E-state index in [0.29, 0.717) is 5.69 Å². The Balaban J connectivity index is 1.32. The van der Waals surface area contributed by atoms with Gasteiger partial charge in [0.15, 0.2) is 0 Å². The molecule has 34 heavy (non-hydrogen) atoms. The second-order valence-corrected chi connectivity index (χ2v) is 11.7. The van der Waals surface area contributed by atoms with Crippen molar-refractivity contribution in [2.75, 3.05) is 4.90 Å². The third-order valence-corrected chi connectivity index (χ3v) is 10.6. The van der Waals surface area contributed by atoms with Crippen molar-refractivity contribution in [3.05, 3.63) is 80.3 Å². The number of hydrogen-bond donors (Lipinski definition) is 1. The average molecular weight is 497 g/mol. The number of anilines is 1. The highest BCUT2D eigenvalue weighted by molar-refractivity contribution is 8.00. The zero-order valence-corrected chi connectivity index (χ0v) is 19.2. The first kappa shape index (κ1) is 20.6. The van der Waals surface area contributed by atoms with Gasteiger partial charge in [0.25, 0.3) is 0 Å². The highest BCUT2D eigenvalue weighted by Crippen LogP contribution is 2.68. The Morgan fingerprint density at radius 1 is 0.853 bits per heavy atom. The molecule has 3 aromatic rings. The number of benzene rings is 2. The van der Waals surface area contributed by atoms with Gasteiger partial charge in [-0.2, -0.15) is 0 Å². The standard InChI is InChI=1S/C25H18F2N2O3S2/c26-11-3-1-10(2-4-11)16-17-14-9-15(20(17)33-22-21(16)34-25(32)28-22)19-18(14)23(30)29(24(19)31)13-7-5-12(27)6-8-13/h1-8,14-20H,9H2,(H,28,32)/t14-,15+,16+,17+,18+,19+,20-/m0/s1. The van der Waals surface area contributed by atoms with Crippen LogP contribution < -0.4 is 9.77 Å². The molecule has 5 nitrogen and oxygen atoms in total. The zero-order valence-electron chi connectivity index (χ0n) is 17.6. The number of fused-ring (bicyclic) bond motifs is 9. The number of carbonyl (C=O) groups is 2. The maximum Gasteiger partial charge on any atom is 0.305 e. The summed E-state index contributed by atoms with van der Waals surface area (Å²) in [6.07, 6.45) is 0.781. The first-order valence-corrected chi connectivity index (χ1v) is 12.9. The van der Waals surface area contributed by atoms with Crippen molar-refractivity contribution in [3.63, 3.8) is 0 Å². The van der Waals surface area contributed by atoms with Crippen molar-refractivity contribution in [3.8, 4) is 0 Å². The van der Waals surface area contributed by atoms with Crippen LogP contribution in [-0.4, -0.2) is 22.0 Å². The predicted octanol–water partition coefficient (Wildman–Crippen LogP) is 4.39. The molecule has 1 N–H and O–H groups in total. The highest BCUT2D eigenvalue weighted by Gasteiger charge is 2.69. The van der Waals surface area contributed by atoms with Gasteiger partial charge in [0.1, 0.15) is 11.6 Å². The van der Waals surface area contributed by atoms with Gasteiger partial charge in [-0.05, 0) is 66.1 Å². The van der Waals surface area contributed by atoms with Crippen LogP contribution in [0.2, 0.25) is 0 Å². The van der Waals surface area contributed by atoms with Crippen LogP contribution in [0.15, 0.2) is 58.4 Å². The van der Waals surface area contributed by atoms with E-state index < -0.39 is 17.7 Å². The lowest BCUT2D eigenvalue weighted by Crippen LogP contribution is -2.42. The zero-order chi connectivity index (χ0) is 23.3. The summed E-state index contributed by atoms with van der Waals surface area (Å²) in [6, 6.07) is 11.8. The Labute approximate surface area is 201 Å². The van der Waals surface area contributed by atoms with Gasteiger partial charge in [0.05, 0.1) is 22.5 Å². The number of carbonyl (C=O) groups excluding carboxylic acids is 2. The van der Waals surface area contributed by atoms with Crippen molar-refractivity contribution in [1.82, 2.24) is 4.98 Å². The van der Waals surface area contributed by atoms with Crippen LogP contribution in [0.25, 0.3) is 0 Å². The molecular weight excluding hydrogens is 478 g/mol. The molecular formula is C25H18F2N2O3S2. The molecule has 3 heterocycles. The fourth-order valence-electron chi connectivity index (χ4n) is 6.90. The summed E-state index contributed by atoms with van der Waals surface area (Å²) in [7, 11) is 0. The molecule has 9 heteroatoms. The summed E-state index contributed by atoms with van der Waals surface area (Å²) in [5.74, 6) is -2.10. The number of rotatable bonds is 2. The lowest BCUT2D eigenvalue weighted by molar-refractivity contribution is -0.123. The van der Waals surface area contributed by atoms with Crippen molar-refractivity contribution in [1.29, 1.82) is 0 Å². The number of amides is 2. The maximum atomic E-state index is 13.7. The molecule has 0 spiro atoms. The van der Waals surface area contributed by atoms with Crippen LogP contribution in [0.4, 0.5) is 14.5 Å². The minimum atomic E-state index is -0.426. The lowest BCUT2D eigenvalue weighted by Gasteiger charge is -2.43. The van der Waals surface area contributed by atoms with Crippen LogP contribution in [-0.2, 0) is 9.59 Å². The van der Waals surface area contributed by atoms with Crippen LogP contribution >= 0.6 is 23.1 Å². The number of imide groups is 1. The van der Waals surface area contributed by atoms with Gasteiger partial charge in [0, 0.05) is 16.0 Å². The molecule has 2 aliphatic heterocycles. The number of aromatic amines is 1. The Morgan fingerprint density at radius 3 is 2.15 bits per heavy atom. The van der Waals surface area contributed by atoms with E-state index in [-0.39, 0.29) is 51.4 Å². The van der Waals surface area contributed by atoms with E-state index in [4.69, 9.17) is 0 Å². The molecule has 2 aliphatic carbocycles. The fourth-order valence-corrected chi connectivity index (χ4v) is 9.79. The summed E-state index contributed by atoms with van der Waals surface area (Å²) in [5.41, 5.74) is 1.32. The van der Waals surface area contributed by atoms with Gasteiger partial charge in [-0.25, -0.2) is 8.78 Å². The Morgan fingerprint density at radius 2 is 1.47 bits per heavy atom. The van der Waals surface area contributed by atoms with Crippen LogP contribution in [0, 0.1) is 41.2 Å². The molecule has 7 rings (SSSR count). The van der Waals surface area contributed by atoms with E-state index in [1.807, 2.05) is 0 Å². The van der Waals surface area contributed by atoms with Crippen molar-refractivity contribution in [2.24, 2.45) is 29.6 Å². The number of thiazole rings is 1. The van der Waals surface area contributed by atoms with E-state index >= 15 is 0 Å². The molecule has 0 radical (unpaired) electrons.